The Bertz CT molecular complexity index is 506. The number of hydrogen-bond donors (Lipinski definition) is 0. The van der Waals surface area contributed by atoms with Gasteiger partial charge in [0.1, 0.15) is 0 Å². The minimum Gasteiger partial charge on any atom is -0.224 e. The van der Waals surface area contributed by atoms with Crippen molar-refractivity contribution in [2.45, 2.75) is 43.9 Å². The number of benzene rings is 1. The molecule has 0 bridgehead atoms. The van der Waals surface area contributed by atoms with Gasteiger partial charge in [0.2, 0.25) is 0 Å². The minimum absolute atomic E-state index is 0.134. The standard InChI is InChI=1S/C15H20O2S/c1-4-7-13(8-5-2)14-9-11-15(12-10-14)18(16,17)6-3/h1,9-13H,5-8H2,2-3H3. The lowest BCUT2D eigenvalue weighted by atomic mass is 9.92. The van der Waals surface area contributed by atoms with Crippen LogP contribution in [0.1, 0.15) is 44.6 Å². The van der Waals surface area contributed by atoms with Crippen LogP contribution in [0.5, 0.6) is 0 Å². The molecule has 98 valence electrons. The molecule has 0 fully saturated rings. The molecule has 0 amide bonds. The molecule has 0 aliphatic heterocycles. The van der Waals surface area contributed by atoms with Crippen LogP contribution in [0.2, 0.25) is 0 Å². The summed E-state index contributed by atoms with van der Waals surface area (Å²) in [7, 11) is -3.11. The first-order valence-electron chi connectivity index (χ1n) is 6.31. The maximum absolute atomic E-state index is 11.7. The van der Waals surface area contributed by atoms with E-state index in [0.717, 1.165) is 18.4 Å². The van der Waals surface area contributed by atoms with E-state index in [0.29, 0.717) is 17.2 Å². The predicted octanol–water partition coefficient (Wildman–Crippen LogP) is 3.39. The largest absolute Gasteiger partial charge is 0.224 e. The quantitative estimate of drug-likeness (QED) is 0.738. The average molecular weight is 264 g/mol. The van der Waals surface area contributed by atoms with Crippen molar-refractivity contribution in [2.75, 3.05) is 5.75 Å². The lowest BCUT2D eigenvalue weighted by molar-refractivity contribution is 0.596. The highest BCUT2D eigenvalue weighted by molar-refractivity contribution is 7.91. The van der Waals surface area contributed by atoms with Crippen LogP contribution in [-0.4, -0.2) is 14.2 Å². The molecule has 1 aromatic rings. The van der Waals surface area contributed by atoms with Gasteiger partial charge in [0.15, 0.2) is 9.84 Å². The fourth-order valence-corrected chi connectivity index (χ4v) is 2.88. The average Bonchev–Trinajstić information content (AvgIpc) is 2.39. The van der Waals surface area contributed by atoms with Gasteiger partial charge in [0.25, 0.3) is 0 Å². The summed E-state index contributed by atoms with van der Waals surface area (Å²) in [6, 6.07) is 7.15. The zero-order valence-corrected chi connectivity index (χ0v) is 11.8. The molecule has 0 saturated carbocycles. The molecule has 0 saturated heterocycles. The van der Waals surface area contributed by atoms with E-state index < -0.39 is 9.84 Å². The Hall–Kier alpha value is -1.27. The third-order valence-electron chi connectivity index (χ3n) is 3.09. The number of sulfone groups is 1. The molecule has 1 aromatic carbocycles. The molecular weight excluding hydrogens is 244 g/mol. The molecule has 0 aromatic heterocycles. The van der Waals surface area contributed by atoms with Gasteiger partial charge in [0, 0.05) is 6.42 Å². The van der Waals surface area contributed by atoms with E-state index in [1.54, 1.807) is 19.1 Å². The van der Waals surface area contributed by atoms with E-state index in [-0.39, 0.29) is 5.75 Å². The van der Waals surface area contributed by atoms with E-state index in [4.69, 9.17) is 6.42 Å². The maximum Gasteiger partial charge on any atom is 0.178 e. The van der Waals surface area contributed by atoms with Crippen molar-refractivity contribution in [3.63, 3.8) is 0 Å². The summed E-state index contributed by atoms with van der Waals surface area (Å²) in [6.45, 7) is 3.78. The van der Waals surface area contributed by atoms with Crippen LogP contribution in [0.25, 0.3) is 0 Å². The summed E-state index contributed by atoms with van der Waals surface area (Å²) in [5, 5.41) is 0. The van der Waals surface area contributed by atoms with E-state index in [9.17, 15) is 8.42 Å². The molecule has 1 unspecified atom stereocenters. The molecule has 1 rings (SSSR count). The van der Waals surface area contributed by atoms with E-state index in [2.05, 4.69) is 12.8 Å². The van der Waals surface area contributed by atoms with Gasteiger partial charge in [0.05, 0.1) is 10.6 Å². The van der Waals surface area contributed by atoms with Crippen LogP contribution in [0.4, 0.5) is 0 Å². The smallest absolute Gasteiger partial charge is 0.178 e. The second-order valence-corrected chi connectivity index (χ2v) is 6.64. The topological polar surface area (TPSA) is 34.1 Å². The molecule has 0 aliphatic carbocycles. The Morgan fingerprint density at radius 1 is 1.22 bits per heavy atom. The Morgan fingerprint density at radius 2 is 1.83 bits per heavy atom. The second kappa shape index (κ2) is 6.61. The summed E-state index contributed by atoms with van der Waals surface area (Å²) < 4.78 is 23.4. The monoisotopic (exact) mass is 264 g/mol. The van der Waals surface area contributed by atoms with E-state index in [1.165, 1.54) is 0 Å². The Balaban J connectivity index is 2.98. The van der Waals surface area contributed by atoms with Crippen molar-refractivity contribution in [3.8, 4) is 12.3 Å². The van der Waals surface area contributed by atoms with E-state index >= 15 is 0 Å². The summed E-state index contributed by atoms with van der Waals surface area (Å²) in [5.74, 6) is 3.15. The van der Waals surface area contributed by atoms with Gasteiger partial charge < -0.3 is 0 Å². The van der Waals surface area contributed by atoms with Crippen LogP contribution in [0.3, 0.4) is 0 Å². The molecule has 0 aliphatic rings. The first kappa shape index (κ1) is 14.8. The first-order chi connectivity index (χ1) is 8.55. The first-order valence-corrected chi connectivity index (χ1v) is 7.96. The lowest BCUT2D eigenvalue weighted by Crippen LogP contribution is -2.04. The molecule has 2 nitrogen and oxygen atoms in total. The van der Waals surface area contributed by atoms with Gasteiger partial charge in [-0.3, -0.25) is 0 Å². The number of rotatable bonds is 6. The highest BCUT2D eigenvalue weighted by atomic mass is 32.2. The molecule has 0 heterocycles. The zero-order chi connectivity index (χ0) is 13.6. The van der Waals surface area contributed by atoms with Gasteiger partial charge >= 0.3 is 0 Å². The third-order valence-corrected chi connectivity index (χ3v) is 4.84. The van der Waals surface area contributed by atoms with Crippen molar-refractivity contribution >= 4 is 9.84 Å². The summed E-state index contributed by atoms with van der Waals surface area (Å²) in [4.78, 5) is 0.393. The Morgan fingerprint density at radius 3 is 2.28 bits per heavy atom. The van der Waals surface area contributed by atoms with Crippen molar-refractivity contribution in [2.24, 2.45) is 0 Å². The van der Waals surface area contributed by atoms with Gasteiger partial charge in [-0.1, -0.05) is 32.4 Å². The second-order valence-electron chi connectivity index (χ2n) is 4.37. The fourth-order valence-electron chi connectivity index (χ4n) is 1.99. The van der Waals surface area contributed by atoms with Crippen LogP contribution in [0, 0.1) is 12.3 Å². The van der Waals surface area contributed by atoms with Gasteiger partial charge in [-0.25, -0.2) is 8.42 Å². The summed E-state index contributed by atoms with van der Waals surface area (Å²) >= 11 is 0. The molecule has 0 radical (unpaired) electrons. The van der Waals surface area contributed by atoms with Crippen molar-refractivity contribution < 1.29 is 8.42 Å². The normalized spacial score (nSPS) is 12.9. The highest BCUT2D eigenvalue weighted by Crippen LogP contribution is 2.25. The van der Waals surface area contributed by atoms with Gasteiger partial charge in [-0.15, -0.1) is 12.3 Å². The van der Waals surface area contributed by atoms with Crippen LogP contribution in [0.15, 0.2) is 29.2 Å². The third kappa shape index (κ3) is 3.61. The molecule has 0 N–H and O–H groups in total. The summed E-state index contributed by atoms with van der Waals surface area (Å²) in [6.07, 6.45) is 8.18. The highest BCUT2D eigenvalue weighted by Gasteiger charge is 2.13. The molecular formula is C15H20O2S. The van der Waals surface area contributed by atoms with Crippen molar-refractivity contribution in [1.29, 1.82) is 0 Å². The molecule has 3 heteroatoms. The Kier molecular flexibility index (Phi) is 5.43. The SMILES string of the molecule is C#CCC(CCC)c1ccc(S(=O)(=O)CC)cc1. The van der Waals surface area contributed by atoms with Crippen molar-refractivity contribution in [3.05, 3.63) is 29.8 Å². The summed E-state index contributed by atoms with van der Waals surface area (Å²) in [5.41, 5.74) is 1.13. The Labute approximate surface area is 110 Å². The van der Waals surface area contributed by atoms with E-state index in [1.807, 2.05) is 12.1 Å². The molecule has 0 spiro atoms. The predicted molar refractivity (Wildman–Crippen MR) is 75.3 cm³/mol. The number of hydrogen-bond acceptors (Lipinski definition) is 2. The van der Waals surface area contributed by atoms with Crippen LogP contribution in [-0.2, 0) is 9.84 Å². The van der Waals surface area contributed by atoms with Crippen molar-refractivity contribution in [1.82, 2.24) is 0 Å². The fraction of sp³-hybridized carbons (Fsp3) is 0.467. The van der Waals surface area contributed by atoms with Crippen LogP contribution >= 0.6 is 0 Å². The minimum atomic E-state index is -3.11. The van der Waals surface area contributed by atoms with Gasteiger partial charge in [-0.2, -0.15) is 0 Å². The molecule has 1 atom stereocenters. The zero-order valence-electron chi connectivity index (χ0n) is 11.0. The number of terminal acetylenes is 1. The molecule has 18 heavy (non-hydrogen) atoms. The van der Waals surface area contributed by atoms with Gasteiger partial charge in [-0.05, 0) is 30.0 Å². The maximum atomic E-state index is 11.7. The van der Waals surface area contributed by atoms with Crippen LogP contribution < -0.4 is 0 Å². The lowest BCUT2D eigenvalue weighted by Gasteiger charge is -2.14.